The van der Waals surface area contributed by atoms with Crippen LogP contribution in [0.15, 0.2) is 30.6 Å². The number of alkyl halides is 1. The number of halogens is 2. The Morgan fingerprint density at radius 2 is 2.12 bits per heavy atom. The van der Waals surface area contributed by atoms with E-state index in [4.69, 9.17) is 9.72 Å². The van der Waals surface area contributed by atoms with Crippen LogP contribution in [-0.2, 0) is 26.6 Å². The van der Waals surface area contributed by atoms with Crippen LogP contribution in [0.4, 0.5) is 14.7 Å². The third kappa shape index (κ3) is 4.02. The van der Waals surface area contributed by atoms with Crippen molar-refractivity contribution in [1.82, 2.24) is 29.5 Å². The number of anilines is 1. The predicted molar refractivity (Wildman–Crippen MR) is 121 cm³/mol. The zero-order valence-corrected chi connectivity index (χ0v) is 18.5. The van der Waals surface area contributed by atoms with Gasteiger partial charge in [0.1, 0.15) is 18.2 Å². The topological polar surface area (TPSA) is 81.3 Å². The van der Waals surface area contributed by atoms with E-state index in [1.54, 1.807) is 16.9 Å². The van der Waals surface area contributed by atoms with Gasteiger partial charge in [-0.1, -0.05) is 0 Å². The molecule has 0 aliphatic carbocycles. The van der Waals surface area contributed by atoms with E-state index in [0.717, 1.165) is 34.0 Å². The molecule has 2 N–H and O–H groups in total. The summed E-state index contributed by atoms with van der Waals surface area (Å²) < 4.78 is 36.3. The smallest absolute Gasteiger partial charge is 0.208 e. The molecule has 3 aromatic heterocycles. The van der Waals surface area contributed by atoms with Crippen molar-refractivity contribution in [1.29, 1.82) is 0 Å². The highest BCUT2D eigenvalue weighted by Gasteiger charge is 2.21. The average molecular weight is 453 g/mol. The first-order valence-electron chi connectivity index (χ1n) is 10.9. The highest BCUT2D eigenvalue weighted by Crippen LogP contribution is 2.31. The van der Waals surface area contributed by atoms with Gasteiger partial charge in [-0.25, -0.2) is 18.7 Å². The van der Waals surface area contributed by atoms with Gasteiger partial charge in [-0.15, -0.1) is 0 Å². The highest BCUT2D eigenvalue weighted by atomic mass is 19.1. The fourth-order valence-corrected chi connectivity index (χ4v) is 4.24. The first-order chi connectivity index (χ1) is 16.0. The number of imidazole rings is 1. The molecule has 4 aromatic rings. The van der Waals surface area contributed by atoms with Gasteiger partial charge in [-0.3, -0.25) is 9.08 Å². The summed E-state index contributed by atoms with van der Waals surface area (Å²) in [4.78, 5) is 9.38. The van der Waals surface area contributed by atoms with E-state index in [0.29, 0.717) is 36.7 Å². The molecule has 10 heteroatoms. The first-order valence-corrected chi connectivity index (χ1v) is 10.9. The molecule has 5 rings (SSSR count). The van der Waals surface area contributed by atoms with Gasteiger partial charge in [0, 0.05) is 56.6 Å². The lowest BCUT2D eigenvalue weighted by molar-refractivity contribution is 0.356. The van der Waals surface area contributed by atoms with E-state index in [9.17, 15) is 8.78 Å². The summed E-state index contributed by atoms with van der Waals surface area (Å²) in [6, 6.07) is 5.08. The molecule has 1 aromatic carbocycles. The number of fused-ring (bicyclic) bond motifs is 2. The van der Waals surface area contributed by atoms with Crippen LogP contribution in [0.2, 0.25) is 0 Å². The van der Waals surface area contributed by atoms with E-state index in [1.165, 1.54) is 6.07 Å². The molecule has 0 radical (unpaired) electrons. The van der Waals surface area contributed by atoms with Crippen molar-refractivity contribution in [3.8, 4) is 17.0 Å². The number of aryl methyl sites for hydroxylation is 2. The lowest BCUT2D eigenvalue weighted by atomic mass is 10.0. The van der Waals surface area contributed by atoms with Gasteiger partial charge in [0.25, 0.3) is 0 Å². The maximum Gasteiger partial charge on any atom is 0.208 e. The lowest BCUT2D eigenvalue weighted by Gasteiger charge is -2.13. The Labute approximate surface area is 189 Å². The summed E-state index contributed by atoms with van der Waals surface area (Å²) in [5.41, 5.74) is 5.50. The van der Waals surface area contributed by atoms with Gasteiger partial charge >= 0.3 is 0 Å². The Kier molecular flexibility index (Phi) is 5.67. The molecular formula is C23H25F2N7O. The molecule has 0 unspecified atom stereocenters. The first kappa shape index (κ1) is 21.3. The van der Waals surface area contributed by atoms with Crippen molar-refractivity contribution in [3.63, 3.8) is 0 Å². The standard InChI is InChI=1S/C23H25F2N7O/c1-14-9-20(31(2)30-14)18-12-28-23(32-13-15(29-22(18)32)10-26-7-6-24)27-11-17-16-5-8-33-21(16)4-3-19(17)25/h3-4,9,12-13,26H,5-8,10-11H2,1-2H3,(H,27,28). The maximum absolute atomic E-state index is 14.6. The fraction of sp³-hybridized carbons (Fsp3) is 0.348. The minimum atomic E-state index is -0.446. The second-order valence-corrected chi connectivity index (χ2v) is 8.04. The zero-order valence-electron chi connectivity index (χ0n) is 18.5. The van der Waals surface area contributed by atoms with E-state index in [2.05, 4.69) is 20.7 Å². The molecule has 33 heavy (non-hydrogen) atoms. The number of ether oxygens (including phenoxy) is 1. The SMILES string of the molecule is Cc1cc(-c2cnc(NCc3c(F)ccc4c3CCO4)n3cc(CNCCF)nc23)n(C)n1. The van der Waals surface area contributed by atoms with Crippen LogP contribution in [-0.4, -0.2) is 44.0 Å². The van der Waals surface area contributed by atoms with E-state index >= 15 is 0 Å². The highest BCUT2D eigenvalue weighted by molar-refractivity contribution is 5.76. The number of hydrogen-bond acceptors (Lipinski definition) is 6. The van der Waals surface area contributed by atoms with Crippen molar-refractivity contribution in [2.45, 2.75) is 26.4 Å². The molecule has 8 nitrogen and oxygen atoms in total. The molecule has 1 aliphatic heterocycles. The van der Waals surface area contributed by atoms with Crippen molar-refractivity contribution in [2.24, 2.45) is 7.05 Å². The quantitative estimate of drug-likeness (QED) is 0.399. The van der Waals surface area contributed by atoms with Gasteiger partial charge in [-0.05, 0) is 25.1 Å². The Morgan fingerprint density at radius 3 is 2.91 bits per heavy atom. The van der Waals surface area contributed by atoms with Crippen LogP contribution < -0.4 is 15.4 Å². The summed E-state index contributed by atoms with van der Waals surface area (Å²) in [5.74, 6) is 0.997. The van der Waals surface area contributed by atoms with Gasteiger partial charge < -0.3 is 15.4 Å². The lowest BCUT2D eigenvalue weighted by Crippen LogP contribution is -2.16. The Balaban J connectivity index is 1.52. The number of benzene rings is 1. The fourth-order valence-electron chi connectivity index (χ4n) is 4.24. The second kappa shape index (κ2) is 8.78. The number of aromatic nitrogens is 5. The van der Waals surface area contributed by atoms with Gasteiger partial charge in [0.15, 0.2) is 5.65 Å². The molecule has 4 heterocycles. The molecule has 0 bridgehead atoms. The molecule has 0 atom stereocenters. The summed E-state index contributed by atoms with van der Waals surface area (Å²) in [5, 5.41) is 10.7. The predicted octanol–water partition coefficient (Wildman–Crippen LogP) is 3.18. The van der Waals surface area contributed by atoms with Crippen LogP contribution in [0.5, 0.6) is 5.75 Å². The Morgan fingerprint density at radius 1 is 1.24 bits per heavy atom. The maximum atomic E-state index is 14.6. The van der Waals surface area contributed by atoms with Crippen molar-refractivity contribution >= 4 is 11.6 Å². The Bertz CT molecular complexity index is 1310. The van der Waals surface area contributed by atoms with Crippen molar-refractivity contribution < 1.29 is 13.5 Å². The van der Waals surface area contributed by atoms with E-state index < -0.39 is 6.67 Å². The number of nitrogens with zero attached hydrogens (tertiary/aromatic N) is 5. The summed E-state index contributed by atoms with van der Waals surface area (Å²) in [6.45, 7) is 2.98. The average Bonchev–Trinajstić information content (AvgIpc) is 3.51. The van der Waals surface area contributed by atoms with Crippen LogP contribution in [0.25, 0.3) is 16.9 Å². The third-order valence-corrected chi connectivity index (χ3v) is 5.76. The van der Waals surface area contributed by atoms with E-state index in [-0.39, 0.29) is 18.9 Å². The normalized spacial score (nSPS) is 12.8. The Hall–Kier alpha value is -3.53. The minimum absolute atomic E-state index is 0.255. The van der Waals surface area contributed by atoms with Gasteiger partial charge in [0.2, 0.25) is 5.95 Å². The van der Waals surface area contributed by atoms with Gasteiger partial charge in [0.05, 0.1) is 29.3 Å². The largest absolute Gasteiger partial charge is 0.493 e. The summed E-state index contributed by atoms with van der Waals surface area (Å²) in [7, 11) is 1.87. The summed E-state index contributed by atoms with van der Waals surface area (Å²) >= 11 is 0. The van der Waals surface area contributed by atoms with Crippen LogP contribution in [0.1, 0.15) is 22.5 Å². The number of nitrogens with one attached hydrogen (secondary N) is 2. The van der Waals surface area contributed by atoms with Crippen molar-refractivity contribution in [2.75, 3.05) is 25.1 Å². The molecule has 1 aliphatic rings. The van der Waals surface area contributed by atoms with Crippen LogP contribution in [0.3, 0.4) is 0 Å². The summed E-state index contributed by atoms with van der Waals surface area (Å²) in [6.07, 6.45) is 4.29. The second-order valence-electron chi connectivity index (χ2n) is 8.04. The molecule has 0 amide bonds. The molecule has 0 fully saturated rings. The van der Waals surface area contributed by atoms with Gasteiger partial charge in [-0.2, -0.15) is 5.10 Å². The van der Waals surface area contributed by atoms with Crippen LogP contribution >= 0.6 is 0 Å². The number of rotatable bonds is 8. The van der Waals surface area contributed by atoms with Crippen molar-refractivity contribution in [3.05, 3.63) is 58.9 Å². The molecule has 172 valence electrons. The molecule has 0 saturated heterocycles. The minimum Gasteiger partial charge on any atom is -0.493 e. The molecule has 0 saturated carbocycles. The third-order valence-electron chi connectivity index (χ3n) is 5.76. The monoisotopic (exact) mass is 453 g/mol. The zero-order chi connectivity index (χ0) is 22.9. The molecule has 0 spiro atoms. The van der Waals surface area contributed by atoms with Crippen LogP contribution in [0, 0.1) is 12.7 Å². The molecular weight excluding hydrogens is 428 g/mol. The number of hydrogen-bond donors (Lipinski definition) is 2. The van der Waals surface area contributed by atoms with E-state index in [1.807, 2.05) is 30.6 Å².